The van der Waals surface area contributed by atoms with Crippen LogP contribution in [0.2, 0.25) is 0 Å². The smallest absolute Gasteiger partial charge is 0.248 e. The Kier molecular flexibility index (Phi) is 5.11. The van der Waals surface area contributed by atoms with Crippen molar-refractivity contribution in [2.75, 3.05) is 13.4 Å². The van der Waals surface area contributed by atoms with Crippen molar-refractivity contribution in [2.45, 2.75) is 11.5 Å². The molecule has 0 unspecified atom stereocenters. The van der Waals surface area contributed by atoms with Crippen molar-refractivity contribution in [1.29, 1.82) is 0 Å². The van der Waals surface area contributed by atoms with Gasteiger partial charge in [-0.15, -0.1) is 11.8 Å². The van der Waals surface area contributed by atoms with Crippen LogP contribution in [0.5, 0.6) is 11.5 Å². The summed E-state index contributed by atoms with van der Waals surface area (Å²) in [6.45, 7) is 0.431. The van der Waals surface area contributed by atoms with Crippen LogP contribution in [0.1, 0.15) is 15.9 Å². The summed E-state index contributed by atoms with van der Waals surface area (Å²) in [5.74, 6) is 1.08. The van der Waals surface area contributed by atoms with Crippen molar-refractivity contribution in [3.05, 3.63) is 53.6 Å². The SMILES string of the molecule is COc1cc(COc2ccc(C(N)=O)cc2)ccc1SC. The maximum Gasteiger partial charge on any atom is 0.248 e. The van der Waals surface area contributed by atoms with Crippen molar-refractivity contribution in [2.24, 2.45) is 5.73 Å². The average Bonchev–Trinajstić information content (AvgIpc) is 2.52. The molecule has 0 aliphatic heterocycles. The highest BCUT2D eigenvalue weighted by atomic mass is 32.2. The first-order chi connectivity index (χ1) is 10.1. The standard InChI is InChI=1S/C16H17NO3S/c1-19-14-9-11(3-8-15(14)21-2)10-20-13-6-4-12(5-7-13)16(17)18/h3-9H,10H2,1-2H3,(H2,17,18). The van der Waals surface area contributed by atoms with Gasteiger partial charge in [0.25, 0.3) is 0 Å². The van der Waals surface area contributed by atoms with Gasteiger partial charge >= 0.3 is 0 Å². The first-order valence-corrected chi connectivity index (χ1v) is 7.60. The van der Waals surface area contributed by atoms with Gasteiger partial charge in [0.05, 0.1) is 7.11 Å². The van der Waals surface area contributed by atoms with Crippen LogP contribution in [0.4, 0.5) is 0 Å². The van der Waals surface area contributed by atoms with Crippen LogP contribution in [-0.2, 0) is 6.61 Å². The summed E-state index contributed by atoms with van der Waals surface area (Å²) >= 11 is 1.64. The van der Waals surface area contributed by atoms with Gasteiger partial charge in [0.15, 0.2) is 0 Å². The number of nitrogens with two attached hydrogens (primary N) is 1. The fourth-order valence-electron chi connectivity index (χ4n) is 1.85. The summed E-state index contributed by atoms with van der Waals surface area (Å²) in [7, 11) is 1.66. The van der Waals surface area contributed by atoms with Crippen molar-refractivity contribution in [3.63, 3.8) is 0 Å². The third kappa shape index (κ3) is 3.92. The zero-order valence-electron chi connectivity index (χ0n) is 12.0. The van der Waals surface area contributed by atoms with Crippen LogP contribution in [0.3, 0.4) is 0 Å². The largest absolute Gasteiger partial charge is 0.496 e. The minimum atomic E-state index is -0.445. The Morgan fingerprint density at radius 3 is 2.48 bits per heavy atom. The lowest BCUT2D eigenvalue weighted by Gasteiger charge is -2.10. The topological polar surface area (TPSA) is 61.6 Å². The Bertz CT molecular complexity index is 626. The summed E-state index contributed by atoms with van der Waals surface area (Å²) in [5, 5.41) is 0. The number of primary amides is 1. The molecule has 0 atom stereocenters. The van der Waals surface area contributed by atoms with Crippen molar-refractivity contribution in [1.82, 2.24) is 0 Å². The molecule has 0 aromatic heterocycles. The molecule has 2 N–H and O–H groups in total. The first-order valence-electron chi connectivity index (χ1n) is 6.37. The van der Waals surface area contributed by atoms with Gasteiger partial charge in [0.2, 0.25) is 5.91 Å². The van der Waals surface area contributed by atoms with Crippen LogP contribution in [0, 0.1) is 0 Å². The minimum absolute atomic E-state index is 0.431. The van der Waals surface area contributed by atoms with Crippen LogP contribution < -0.4 is 15.2 Å². The molecule has 0 aliphatic rings. The maximum atomic E-state index is 11.0. The monoisotopic (exact) mass is 303 g/mol. The average molecular weight is 303 g/mol. The summed E-state index contributed by atoms with van der Waals surface area (Å²) in [6.07, 6.45) is 2.01. The third-order valence-corrected chi connectivity index (χ3v) is 3.77. The molecule has 1 amide bonds. The number of ether oxygens (including phenoxy) is 2. The lowest BCUT2D eigenvalue weighted by molar-refractivity contribution is 0.1000. The van der Waals surface area contributed by atoms with E-state index in [4.69, 9.17) is 15.2 Å². The molecule has 4 nitrogen and oxygen atoms in total. The van der Waals surface area contributed by atoms with Crippen LogP contribution in [0.25, 0.3) is 0 Å². The Balaban J connectivity index is 2.04. The number of amides is 1. The number of hydrogen-bond acceptors (Lipinski definition) is 4. The molecule has 0 saturated heterocycles. The Morgan fingerprint density at radius 1 is 1.19 bits per heavy atom. The number of thioether (sulfide) groups is 1. The number of rotatable bonds is 6. The molecule has 21 heavy (non-hydrogen) atoms. The number of methoxy groups -OCH3 is 1. The second kappa shape index (κ2) is 7.04. The molecule has 0 radical (unpaired) electrons. The van der Waals surface area contributed by atoms with E-state index < -0.39 is 5.91 Å². The van der Waals surface area contributed by atoms with Gasteiger partial charge < -0.3 is 15.2 Å². The van der Waals surface area contributed by atoms with E-state index in [0.29, 0.717) is 17.9 Å². The lowest BCUT2D eigenvalue weighted by Crippen LogP contribution is -2.10. The Labute approximate surface area is 128 Å². The van der Waals surface area contributed by atoms with Gasteiger partial charge in [0, 0.05) is 10.5 Å². The highest BCUT2D eigenvalue weighted by Crippen LogP contribution is 2.28. The summed E-state index contributed by atoms with van der Waals surface area (Å²) in [6, 6.07) is 12.7. The second-order valence-corrected chi connectivity index (χ2v) is 5.21. The van der Waals surface area contributed by atoms with Gasteiger partial charge in [-0.05, 0) is 48.2 Å². The van der Waals surface area contributed by atoms with E-state index in [1.54, 1.807) is 43.1 Å². The van der Waals surface area contributed by atoms with Crippen molar-refractivity contribution >= 4 is 17.7 Å². The van der Waals surface area contributed by atoms with Crippen LogP contribution in [-0.4, -0.2) is 19.3 Å². The van der Waals surface area contributed by atoms with Gasteiger partial charge in [0.1, 0.15) is 18.1 Å². The van der Waals surface area contributed by atoms with Crippen molar-refractivity contribution in [3.8, 4) is 11.5 Å². The van der Waals surface area contributed by atoms with Crippen LogP contribution in [0.15, 0.2) is 47.4 Å². The summed E-state index contributed by atoms with van der Waals surface area (Å²) in [5.41, 5.74) is 6.68. The van der Waals surface area contributed by atoms with Gasteiger partial charge in [-0.25, -0.2) is 0 Å². The first kappa shape index (κ1) is 15.3. The molecular formula is C16H17NO3S. The Morgan fingerprint density at radius 2 is 1.90 bits per heavy atom. The predicted octanol–water partition coefficient (Wildman–Crippen LogP) is 3.10. The number of hydrogen-bond donors (Lipinski definition) is 1. The molecule has 5 heteroatoms. The van der Waals surface area contributed by atoms with Gasteiger partial charge in [-0.1, -0.05) is 6.07 Å². The molecule has 2 aromatic rings. The van der Waals surface area contributed by atoms with E-state index >= 15 is 0 Å². The molecular weight excluding hydrogens is 286 g/mol. The summed E-state index contributed by atoms with van der Waals surface area (Å²) < 4.78 is 11.0. The highest BCUT2D eigenvalue weighted by Gasteiger charge is 2.05. The quantitative estimate of drug-likeness (QED) is 0.833. The Hall–Kier alpha value is -2.14. The number of carbonyl (C=O) groups excluding carboxylic acids is 1. The number of carbonyl (C=O) groups is 1. The van der Waals surface area contributed by atoms with E-state index in [2.05, 4.69) is 0 Å². The fourth-order valence-corrected chi connectivity index (χ4v) is 2.40. The van der Waals surface area contributed by atoms with E-state index in [-0.39, 0.29) is 0 Å². The molecule has 0 fully saturated rings. The zero-order chi connectivity index (χ0) is 15.2. The maximum absolute atomic E-state index is 11.0. The molecule has 0 bridgehead atoms. The molecule has 0 saturated carbocycles. The summed E-state index contributed by atoms with van der Waals surface area (Å²) in [4.78, 5) is 12.1. The second-order valence-electron chi connectivity index (χ2n) is 4.37. The van der Waals surface area contributed by atoms with Crippen molar-refractivity contribution < 1.29 is 14.3 Å². The van der Waals surface area contributed by atoms with Crippen LogP contribution >= 0.6 is 11.8 Å². The molecule has 0 heterocycles. The number of benzene rings is 2. The van der Waals surface area contributed by atoms with E-state index in [1.807, 2.05) is 24.5 Å². The van der Waals surface area contributed by atoms with E-state index in [1.165, 1.54) is 0 Å². The molecule has 110 valence electrons. The molecule has 2 aromatic carbocycles. The zero-order valence-corrected chi connectivity index (χ0v) is 12.8. The molecule has 0 spiro atoms. The highest BCUT2D eigenvalue weighted by molar-refractivity contribution is 7.98. The van der Waals surface area contributed by atoms with Gasteiger partial charge in [-0.3, -0.25) is 4.79 Å². The van der Waals surface area contributed by atoms with Gasteiger partial charge in [-0.2, -0.15) is 0 Å². The predicted molar refractivity (Wildman–Crippen MR) is 84.1 cm³/mol. The lowest BCUT2D eigenvalue weighted by atomic mass is 10.2. The molecule has 2 rings (SSSR count). The minimum Gasteiger partial charge on any atom is -0.496 e. The molecule has 0 aliphatic carbocycles. The normalized spacial score (nSPS) is 10.2. The van der Waals surface area contributed by atoms with E-state index in [9.17, 15) is 4.79 Å². The third-order valence-electron chi connectivity index (χ3n) is 2.99. The fraction of sp³-hybridized carbons (Fsp3) is 0.188. The van der Waals surface area contributed by atoms with E-state index in [0.717, 1.165) is 16.2 Å².